The van der Waals surface area contributed by atoms with Gasteiger partial charge in [0, 0.05) is 12.2 Å². The number of hydrogen-bond acceptors (Lipinski definition) is 5. The van der Waals surface area contributed by atoms with Crippen molar-refractivity contribution in [2.45, 2.75) is 18.4 Å². The predicted octanol–water partition coefficient (Wildman–Crippen LogP) is 4.73. The van der Waals surface area contributed by atoms with Gasteiger partial charge in [0.1, 0.15) is 0 Å². The van der Waals surface area contributed by atoms with Crippen LogP contribution in [0.3, 0.4) is 0 Å². The molecular formula is C22H20N4O3S2. The standard InChI is InChI=1S/C22H20N4O3S2/c1-15-7-9-16(10-8-15)14-23-21(27)24-17-11-12-19-20(13-17)30-22(25-19)26-31(28,29)18-5-3-2-4-6-18/h2-13H,14H2,1H3,(H,25,26)(H2,23,24,27). The van der Waals surface area contributed by atoms with Gasteiger partial charge in [-0.25, -0.2) is 18.2 Å². The molecule has 0 aliphatic heterocycles. The second-order valence-electron chi connectivity index (χ2n) is 6.91. The smallest absolute Gasteiger partial charge is 0.319 e. The number of aromatic nitrogens is 1. The fourth-order valence-corrected chi connectivity index (χ4v) is 5.04. The molecule has 7 nitrogen and oxygen atoms in total. The zero-order valence-corrected chi connectivity index (χ0v) is 18.3. The van der Waals surface area contributed by atoms with Gasteiger partial charge in [0.15, 0.2) is 5.13 Å². The molecule has 4 rings (SSSR count). The Kier molecular flexibility index (Phi) is 5.88. The van der Waals surface area contributed by atoms with Crippen LogP contribution in [-0.2, 0) is 16.6 Å². The first-order valence-corrected chi connectivity index (χ1v) is 11.8. The van der Waals surface area contributed by atoms with Crippen LogP contribution < -0.4 is 15.4 Å². The molecule has 0 saturated heterocycles. The van der Waals surface area contributed by atoms with E-state index in [1.54, 1.807) is 36.4 Å². The van der Waals surface area contributed by atoms with E-state index in [1.165, 1.54) is 23.5 Å². The number of carbonyl (C=O) groups is 1. The molecule has 0 radical (unpaired) electrons. The van der Waals surface area contributed by atoms with Gasteiger partial charge in [0.05, 0.1) is 15.1 Å². The normalized spacial score (nSPS) is 11.3. The summed E-state index contributed by atoms with van der Waals surface area (Å²) in [4.78, 5) is 16.7. The Balaban J connectivity index is 1.42. The summed E-state index contributed by atoms with van der Waals surface area (Å²) in [6, 6.07) is 20.9. The van der Waals surface area contributed by atoms with Gasteiger partial charge < -0.3 is 10.6 Å². The topological polar surface area (TPSA) is 100 Å². The second kappa shape index (κ2) is 8.75. The van der Waals surface area contributed by atoms with Crippen molar-refractivity contribution in [3.63, 3.8) is 0 Å². The van der Waals surface area contributed by atoms with Crippen molar-refractivity contribution in [3.05, 3.63) is 83.9 Å². The molecule has 0 saturated carbocycles. The van der Waals surface area contributed by atoms with Gasteiger partial charge >= 0.3 is 6.03 Å². The number of aryl methyl sites for hydroxylation is 1. The number of nitrogens with zero attached hydrogens (tertiary/aromatic N) is 1. The summed E-state index contributed by atoms with van der Waals surface area (Å²) >= 11 is 1.20. The number of benzene rings is 3. The average Bonchev–Trinajstić information content (AvgIpc) is 3.15. The largest absolute Gasteiger partial charge is 0.334 e. The SMILES string of the molecule is Cc1ccc(CNC(=O)Nc2ccc3nc(NS(=O)(=O)c4ccccc4)sc3c2)cc1. The molecule has 3 aromatic carbocycles. The van der Waals surface area contributed by atoms with Gasteiger partial charge in [-0.15, -0.1) is 0 Å². The minimum absolute atomic E-state index is 0.168. The van der Waals surface area contributed by atoms with E-state index in [0.717, 1.165) is 15.8 Å². The maximum atomic E-state index is 12.5. The fourth-order valence-electron chi connectivity index (χ4n) is 2.88. The Bertz CT molecular complexity index is 1320. The number of hydrogen-bond donors (Lipinski definition) is 3. The molecule has 0 atom stereocenters. The number of rotatable bonds is 6. The molecule has 9 heteroatoms. The van der Waals surface area contributed by atoms with Gasteiger partial charge in [0.25, 0.3) is 10.0 Å². The summed E-state index contributed by atoms with van der Waals surface area (Å²) in [5.41, 5.74) is 3.40. The number of thiazole rings is 1. The molecule has 0 bridgehead atoms. The van der Waals surface area contributed by atoms with Gasteiger partial charge in [0.2, 0.25) is 0 Å². The maximum Gasteiger partial charge on any atom is 0.319 e. The Morgan fingerprint density at radius 1 is 1.00 bits per heavy atom. The van der Waals surface area contributed by atoms with Crippen LogP contribution in [0.25, 0.3) is 10.2 Å². The van der Waals surface area contributed by atoms with Gasteiger partial charge in [-0.05, 0) is 42.8 Å². The van der Waals surface area contributed by atoms with Crippen molar-refractivity contribution >= 4 is 48.4 Å². The molecule has 0 aliphatic carbocycles. The van der Waals surface area contributed by atoms with E-state index >= 15 is 0 Å². The molecule has 3 N–H and O–H groups in total. The zero-order valence-electron chi connectivity index (χ0n) is 16.6. The highest BCUT2D eigenvalue weighted by Crippen LogP contribution is 2.29. The summed E-state index contributed by atoms with van der Waals surface area (Å²) in [6.45, 7) is 2.43. The number of amides is 2. The monoisotopic (exact) mass is 452 g/mol. The molecule has 158 valence electrons. The Hall–Kier alpha value is -3.43. The third-order valence-corrected chi connectivity index (χ3v) is 6.91. The lowest BCUT2D eigenvalue weighted by atomic mass is 10.1. The van der Waals surface area contributed by atoms with E-state index in [2.05, 4.69) is 20.3 Å². The van der Waals surface area contributed by atoms with Gasteiger partial charge in [-0.2, -0.15) is 0 Å². The van der Waals surface area contributed by atoms with Crippen molar-refractivity contribution in [1.29, 1.82) is 0 Å². The Morgan fingerprint density at radius 2 is 1.74 bits per heavy atom. The number of urea groups is 1. The summed E-state index contributed by atoms with van der Waals surface area (Å²) in [6.07, 6.45) is 0. The average molecular weight is 453 g/mol. The number of carbonyl (C=O) groups excluding carboxylic acids is 1. The number of anilines is 2. The summed E-state index contributed by atoms with van der Waals surface area (Å²) in [5.74, 6) is 0. The van der Waals surface area contributed by atoms with E-state index in [0.29, 0.717) is 17.7 Å². The highest BCUT2D eigenvalue weighted by molar-refractivity contribution is 7.93. The molecule has 1 heterocycles. The highest BCUT2D eigenvalue weighted by Gasteiger charge is 2.16. The van der Waals surface area contributed by atoms with Crippen LogP contribution in [0.4, 0.5) is 15.6 Å². The molecule has 0 spiro atoms. The van der Waals surface area contributed by atoms with Crippen LogP contribution in [0.2, 0.25) is 0 Å². The molecule has 0 aliphatic rings. The van der Waals surface area contributed by atoms with Crippen LogP contribution in [0, 0.1) is 6.92 Å². The minimum atomic E-state index is -3.71. The molecule has 0 unspecified atom stereocenters. The minimum Gasteiger partial charge on any atom is -0.334 e. The molecule has 0 fully saturated rings. The van der Waals surface area contributed by atoms with Crippen LogP contribution in [0.5, 0.6) is 0 Å². The second-order valence-corrected chi connectivity index (χ2v) is 9.63. The van der Waals surface area contributed by atoms with E-state index < -0.39 is 10.0 Å². The third-order valence-electron chi connectivity index (χ3n) is 4.50. The van der Waals surface area contributed by atoms with E-state index in [1.807, 2.05) is 31.2 Å². The van der Waals surface area contributed by atoms with E-state index in [9.17, 15) is 13.2 Å². The third kappa shape index (κ3) is 5.19. The number of sulfonamides is 1. The summed E-state index contributed by atoms with van der Waals surface area (Å²) in [7, 11) is -3.71. The molecule has 2 amide bonds. The first-order valence-electron chi connectivity index (χ1n) is 9.48. The number of fused-ring (bicyclic) bond motifs is 1. The summed E-state index contributed by atoms with van der Waals surface area (Å²) in [5, 5.41) is 5.87. The maximum absolute atomic E-state index is 12.5. The fraction of sp³-hybridized carbons (Fsp3) is 0.0909. The highest BCUT2D eigenvalue weighted by atomic mass is 32.2. The lowest BCUT2D eigenvalue weighted by Gasteiger charge is -2.08. The zero-order chi connectivity index (χ0) is 21.8. The first kappa shape index (κ1) is 20.8. The lowest BCUT2D eigenvalue weighted by Crippen LogP contribution is -2.28. The van der Waals surface area contributed by atoms with Crippen LogP contribution in [0.15, 0.2) is 77.7 Å². The number of nitrogens with one attached hydrogen (secondary N) is 3. The predicted molar refractivity (Wildman–Crippen MR) is 124 cm³/mol. The van der Waals surface area contributed by atoms with Crippen molar-refractivity contribution in [3.8, 4) is 0 Å². The molecule has 4 aromatic rings. The van der Waals surface area contributed by atoms with E-state index in [4.69, 9.17) is 0 Å². The quantitative estimate of drug-likeness (QED) is 0.394. The van der Waals surface area contributed by atoms with Crippen LogP contribution >= 0.6 is 11.3 Å². The van der Waals surface area contributed by atoms with Crippen LogP contribution in [0.1, 0.15) is 11.1 Å². The van der Waals surface area contributed by atoms with Crippen molar-refractivity contribution < 1.29 is 13.2 Å². The van der Waals surface area contributed by atoms with Crippen molar-refractivity contribution in [1.82, 2.24) is 10.3 Å². The molecule has 1 aromatic heterocycles. The summed E-state index contributed by atoms with van der Waals surface area (Å²) < 4.78 is 28.2. The van der Waals surface area contributed by atoms with Crippen molar-refractivity contribution in [2.24, 2.45) is 0 Å². The molecule has 31 heavy (non-hydrogen) atoms. The lowest BCUT2D eigenvalue weighted by molar-refractivity contribution is 0.251. The Morgan fingerprint density at radius 3 is 2.48 bits per heavy atom. The first-order chi connectivity index (χ1) is 14.9. The van der Waals surface area contributed by atoms with Gasteiger partial charge in [-0.1, -0.05) is 59.4 Å². The van der Waals surface area contributed by atoms with Crippen molar-refractivity contribution in [2.75, 3.05) is 10.0 Å². The van der Waals surface area contributed by atoms with E-state index in [-0.39, 0.29) is 16.1 Å². The van der Waals surface area contributed by atoms with Crippen LogP contribution in [-0.4, -0.2) is 19.4 Å². The Labute approximate surface area is 184 Å². The molecular weight excluding hydrogens is 432 g/mol. The van der Waals surface area contributed by atoms with Gasteiger partial charge in [-0.3, -0.25) is 4.72 Å².